The molecule has 2 heterocycles. The first-order valence-corrected chi connectivity index (χ1v) is 9.93. The van der Waals surface area contributed by atoms with E-state index in [9.17, 15) is 19.1 Å². The molecule has 1 saturated carbocycles. The van der Waals surface area contributed by atoms with Crippen molar-refractivity contribution in [2.24, 2.45) is 11.7 Å². The molecule has 3 aliphatic rings. The Hall–Kier alpha value is -2.71. The predicted molar refractivity (Wildman–Crippen MR) is 110 cm³/mol. The SMILES string of the molecule is N[C@@]12C=CC=C[C@@H]1CN(c1c(F)cc3c(=O)c(C(=O)O)cn([C@@H]4C[C@@H]4F)c3c1Cl)C2. The fourth-order valence-corrected chi connectivity index (χ4v) is 4.92. The molecule has 2 fully saturated rings. The minimum Gasteiger partial charge on any atom is -0.477 e. The number of carbonyl (C=O) groups is 1. The molecule has 2 aromatic rings. The molecule has 2 aliphatic carbocycles. The van der Waals surface area contributed by atoms with Gasteiger partial charge in [0.05, 0.1) is 33.2 Å². The minimum atomic E-state index is -1.46. The number of aromatic nitrogens is 1. The number of hydrogen-bond acceptors (Lipinski definition) is 4. The lowest BCUT2D eigenvalue weighted by atomic mass is 9.85. The fourth-order valence-electron chi connectivity index (χ4n) is 4.51. The van der Waals surface area contributed by atoms with Crippen LogP contribution in [0.3, 0.4) is 0 Å². The van der Waals surface area contributed by atoms with E-state index in [1.807, 2.05) is 24.3 Å². The molecule has 9 heteroatoms. The molecule has 30 heavy (non-hydrogen) atoms. The van der Waals surface area contributed by atoms with E-state index in [1.165, 1.54) is 4.57 Å². The van der Waals surface area contributed by atoms with E-state index in [1.54, 1.807) is 4.90 Å². The van der Waals surface area contributed by atoms with Crippen molar-refractivity contribution in [2.75, 3.05) is 18.0 Å². The van der Waals surface area contributed by atoms with Gasteiger partial charge in [-0.25, -0.2) is 13.6 Å². The summed E-state index contributed by atoms with van der Waals surface area (Å²) >= 11 is 6.61. The van der Waals surface area contributed by atoms with Gasteiger partial charge in [0, 0.05) is 31.6 Å². The number of allylic oxidation sites excluding steroid dienone is 2. The highest BCUT2D eigenvalue weighted by Gasteiger charge is 2.44. The number of fused-ring (bicyclic) bond motifs is 2. The highest BCUT2D eigenvalue weighted by atomic mass is 35.5. The van der Waals surface area contributed by atoms with Crippen LogP contribution in [0.5, 0.6) is 0 Å². The van der Waals surface area contributed by atoms with E-state index in [2.05, 4.69) is 0 Å². The van der Waals surface area contributed by atoms with Gasteiger partial charge in [0.25, 0.3) is 0 Å². The zero-order valence-electron chi connectivity index (χ0n) is 15.7. The van der Waals surface area contributed by atoms with Crippen LogP contribution in [0.15, 0.2) is 41.4 Å². The number of rotatable bonds is 3. The molecule has 0 amide bonds. The second-order valence-corrected chi connectivity index (χ2v) is 8.54. The number of aromatic carboxylic acids is 1. The van der Waals surface area contributed by atoms with Crippen LogP contribution in [0.25, 0.3) is 10.9 Å². The van der Waals surface area contributed by atoms with Crippen molar-refractivity contribution in [3.05, 3.63) is 63.2 Å². The van der Waals surface area contributed by atoms with Gasteiger partial charge in [0.2, 0.25) is 5.43 Å². The number of alkyl halides is 1. The van der Waals surface area contributed by atoms with Gasteiger partial charge in [0.15, 0.2) is 0 Å². The maximum Gasteiger partial charge on any atom is 0.341 e. The summed E-state index contributed by atoms with van der Waals surface area (Å²) in [6, 6.07) is 0.351. The van der Waals surface area contributed by atoms with Gasteiger partial charge in [-0.05, 0) is 6.07 Å². The Morgan fingerprint density at radius 3 is 2.73 bits per heavy atom. The lowest BCUT2D eigenvalue weighted by Crippen LogP contribution is -2.46. The third-order valence-electron chi connectivity index (χ3n) is 6.20. The van der Waals surface area contributed by atoms with Crippen molar-refractivity contribution in [3.63, 3.8) is 0 Å². The zero-order valence-corrected chi connectivity index (χ0v) is 16.4. The van der Waals surface area contributed by atoms with Gasteiger partial charge in [-0.15, -0.1) is 0 Å². The maximum absolute atomic E-state index is 15.2. The van der Waals surface area contributed by atoms with E-state index in [0.29, 0.717) is 13.1 Å². The summed E-state index contributed by atoms with van der Waals surface area (Å²) in [4.78, 5) is 25.9. The number of halogens is 3. The molecule has 156 valence electrons. The first-order valence-electron chi connectivity index (χ1n) is 9.55. The zero-order chi connectivity index (χ0) is 21.4. The lowest BCUT2D eigenvalue weighted by Gasteiger charge is -2.27. The summed E-state index contributed by atoms with van der Waals surface area (Å²) in [5.74, 6) is -2.25. The van der Waals surface area contributed by atoms with Crippen LogP contribution >= 0.6 is 11.6 Å². The standard InChI is InChI=1S/C21H18ClF2N3O3/c22-16-17-11(19(28)12(20(29)30)8-27(17)15-6-13(15)23)5-14(24)18(16)26-7-10-3-1-2-4-21(10,25)9-26/h1-5,8,10,13,15H,6-7,9,25H2,(H,29,30)/t10-,13+,15-,21-/m1/s1. The predicted octanol–water partition coefficient (Wildman–Crippen LogP) is 3.03. The van der Waals surface area contributed by atoms with Crippen molar-refractivity contribution in [2.45, 2.75) is 24.2 Å². The van der Waals surface area contributed by atoms with E-state index in [-0.39, 0.29) is 34.0 Å². The topological polar surface area (TPSA) is 88.6 Å². The third-order valence-corrected chi connectivity index (χ3v) is 6.56. The molecule has 0 bridgehead atoms. The van der Waals surface area contributed by atoms with E-state index in [0.717, 1.165) is 12.3 Å². The van der Waals surface area contributed by atoms with Crippen LogP contribution < -0.4 is 16.1 Å². The van der Waals surface area contributed by atoms with Crippen LogP contribution in [0.1, 0.15) is 22.8 Å². The van der Waals surface area contributed by atoms with Crippen LogP contribution in [0, 0.1) is 11.7 Å². The quantitative estimate of drug-likeness (QED) is 0.776. The molecule has 4 atom stereocenters. The average molecular weight is 434 g/mol. The normalized spacial score (nSPS) is 29.5. The van der Waals surface area contributed by atoms with Crippen molar-refractivity contribution in [1.82, 2.24) is 4.57 Å². The number of anilines is 1. The minimum absolute atomic E-state index is 0.0381. The molecule has 3 N–H and O–H groups in total. The molecule has 1 aromatic heterocycles. The second-order valence-electron chi connectivity index (χ2n) is 8.16. The number of benzene rings is 1. The number of nitrogens with two attached hydrogens (primary N) is 1. The van der Waals surface area contributed by atoms with Gasteiger partial charge in [0.1, 0.15) is 17.6 Å². The van der Waals surface area contributed by atoms with Gasteiger partial charge < -0.3 is 20.3 Å². The summed E-state index contributed by atoms with van der Waals surface area (Å²) in [6.07, 6.45) is 7.66. The van der Waals surface area contributed by atoms with Crippen molar-refractivity contribution in [3.8, 4) is 0 Å². The van der Waals surface area contributed by atoms with Gasteiger partial charge in [-0.1, -0.05) is 35.9 Å². The van der Waals surface area contributed by atoms with E-state index < -0.39 is 40.5 Å². The number of pyridine rings is 1. The number of nitrogens with zero attached hydrogens (tertiary/aromatic N) is 2. The smallest absolute Gasteiger partial charge is 0.341 e. The highest BCUT2D eigenvalue weighted by molar-refractivity contribution is 6.38. The highest BCUT2D eigenvalue weighted by Crippen LogP contribution is 2.45. The lowest BCUT2D eigenvalue weighted by molar-refractivity contribution is 0.0694. The summed E-state index contributed by atoms with van der Waals surface area (Å²) < 4.78 is 30.4. The van der Waals surface area contributed by atoms with Crippen molar-refractivity contribution < 1.29 is 18.7 Å². The molecule has 0 unspecified atom stereocenters. The summed E-state index contributed by atoms with van der Waals surface area (Å²) in [5.41, 5.74) is 4.62. The first kappa shape index (κ1) is 19.3. The van der Waals surface area contributed by atoms with Crippen LogP contribution in [-0.4, -0.2) is 40.4 Å². The Bertz CT molecular complexity index is 1220. The van der Waals surface area contributed by atoms with Crippen LogP contribution in [0.2, 0.25) is 5.02 Å². The number of carboxylic acid groups (broad SMARTS) is 1. The summed E-state index contributed by atoms with van der Waals surface area (Å²) in [7, 11) is 0. The van der Waals surface area contributed by atoms with Gasteiger partial charge >= 0.3 is 5.97 Å². The van der Waals surface area contributed by atoms with Crippen molar-refractivity contribution >= 4 is 34.2 Å². The largest absolute Gasteiger partial charge is 0.477 e. The molecule has 5 rings (SSSR count). The molecule has 1 aliphatic heterocycles. The van der Waals surface area contributed by atoms with E-state index in [4.69, 9.17) is 17.3 Å². The number of hydrogen-bond donors (Lipinski definition) is 2. The summed E-state index contributed by atoms with van der Waals surface area (Å²) in [5, 5.41) is 9.13. The van der Waals surface area contributed by atoms with Crippen LogP contribution in [0.4, 0.5) is 14.5 Å². The maximum atomic E-state index is 15.2. The average Bonchev–Trinajstić information content (AvgIpc) is 3.29. The molecule has 1 saturated heterocycles. The number of carboxylic acids is 1. The fraction of sp³-hybridized carbons (Fsp3) is 0.333. The third kappa shape index (κ3) is 2.70. The molecular formula is C21H18ClF2N3O3. The van der Waals surface area contributed by atoms with Gasteiger partial charge in [-0.2, -0.15) is 0 Å². The molecule has 0 spiro atoms. The first-order chi connectivity index (χ1) is 14.2. The second kappa shape index (κ2) is 6.39. The Morgan fingerprint density at radius 2 is 2.10 bits per heavy atom. The monoisotopic (exact) mass is 433 g/mol. The van der Waals surface area contributed by atoms with Crippen LogP contribution in [-0.2, 0) is 0 Å². The Morgan fingerprint density at radius 1 is 1.37 bits per heavy atom. The molecular weight excluding hydrogens is 416 g/mol. The molecule has 6 nitrogen and oxygen atoms in total. The Labute approximate surface area is 174 Å². The van der Waals surface area contributed by atoms with Gasteiger partial charge in [-0.3, -0.25) is 4.79 Å². The molecule has 0 radical (unpaired) electrons. The molecule has 1 aromatic carbocycles. The summed E-state index contributed by atoms with van der Waals surface area (Å²) in [6.45, 7) is 0.735. The van der Waals surface area contributed by atoms with Crippen molar-refractivity contribution in [1.29, 1.82) is 0 Å². The van der Waals surface area contributed by atoms with E-state index >= 15 is 4.39 Å². The Balaban J connectivity index is 1.73. The Kier molecular flexibility index (Phi) is 4.10.